The molecule has 8 nitrogen and oxygen atoms in total. The van der Waals surface area contributed by atoms with Gasteiger partial charge in [0, 0.05) is 19.6 Å². The highest BCUT2D eigenvalue weighted by atomic mass is 35.5. The third-order valence-corrected chi connectivity index (χ3v) is 6.06. The number of thiophene rings is 1. The zero-order chi connectivity index (χ0) is 23.1. The van der Waals surface area contributed by atoms with Gasteiger partial charge in [-0.2, -0.15) is 5.26 Å². The molecule has 1 unspecified atom stereocenters. The molecule has 168 valence electrons. The molecule has 0 spiro atoms. The molecular formula is C22H22ClN3O5S. The number of nitriles is 1. The van der Waals surface area contributed by atoms with Crippen LogP contribution >= 0.6 is 22.9 Å². The molecule has 0 N–H and O–H groups in total. The summed E-state index contributed by atoms with van der Waals surface area (Å²) in [5.41, 5.74) is 1.38. The maximum Gasteiger partial charge on any atom is 0.308 e. The molecule has 1 atom stereocenters. The second kappa shape index (κ2) is 11.0. The molecule has 10 heteroatoms. The highest BCUT2D eigenvalue weighted by Crippen LogP contribution is 2.28. The lowest BCUT2D eigenvalue weighted by molar-refractivity contribution is -0.158. The van der Waals surface area contributed by atoms with Crippen LogP contribution in [-0.2, 0) is 25.7 Å². The zero-order valence-corrected chi connectivity index (χ0v) is 19.0. The monoisotopic (exact) mass is 475 g/mol. The Balaban J connectivity index is 1.70. The quantitative estimate of drug-likeness (QED) is 0.544. The van der Waals surface area contributed by atoms with Gasteiger partial charge in [0.1, 0.15) is 6.04 Å². The minimum atomic E-state index is -0.968. The number of carbonyl (C=O) groups is 3. The molecular weight excluding hydrogens is 454 g/mol. The number of piperazine rings is 1. The summed E-state index contributed by atoms with van der Waals surface area (Å²) in [4.78, 5) is 41.2. The van der Waals surface area contributed by atoms with E-state index < -0.39 is 17.9 Å². The van der Waals surface area contributed by atoms with Crippen molar-refractivity contribution >= 4 is 40.7 Å². The second-order valence-electron chi connectivity index (χ2n) is 7.03. The Morgan fingerprint density at radius 2 is 1.97 bits per heavy atom. The average Bonchev–Trinajstić information content (AvgIpc) is 3.20. The molecule has 0 saturated carbocycles. The van der Waals surface area contributed by atoms with E-state index in [2.05, 4.69) is 6.07 Å². The number of rotatable bonds is 8. The van der Waals surface area contributed by atoms with E-state index >= 15 is 0 Å². The van der Waals surface area contributed by atoms with Crippen molar-refractivity contribution in [2.24, 2.45) is 0 Å². The van der Waals surface area contributed by atoms with E-state index in [0.717, 1.165) is 5.56 Å². The van der Waals surface area contributed by atoms with Gasteiger partial charge in [-0.1, -0.05) is 35.1 Å². The van der Waals surface area contributed by atoms with Gasteiger partial charge < -0.3 is 19.3 Å². The largest absolute Gasteiger partial charge is 0.474 e. The van der Waals surface area contributed by atoms with Crippen LogP contribution in [0.4, 0.5) is 0 Å². The van der Waals surface area contributed by atoms with E-state index in [1.807, 2.05) is 0 Å². The van der Waals surface area contributed by atoms with E-state index in [9.17, 15) is 14.4 Å². The van der Waals surface area contributed by atoms with Crippen molar-refractivity contribution in [3.8, 4) is 11.1 Å². The molecule has 2 aromatic rings. The fraction of sp³-hybridized carbons (Fsp3) is 0.364. The van der Waals surface area contributed by atoms with Crippen molar-refractivity contribution < 1.29 is 23.9 Å². The van der Waals surface area contributed by atoms with Crippen molar-refractivity contribution in [3.63, 3.8) is 0 Å². The number of benzene rings is 1. The number of nitrogens with zero attached hydrogens (tertiary/aromatic N) is 3. The molecule has 1 fully saturated rings. The zero-order valence-electron chi connectivity index (χ0n) is 17.5. The Bertz CT molecular complexity index is 1020. The first-order valence-electron chi connectivity index (χ1n) is 10.0. The van der Waals surface area contributed by atoms with E-state index in [1.165, 1.54) is 16.2 Å². The van der Waals surface area contributed by atoms with Gasteiger partial charge in [-0.15, -0.1) is 0 Å². The van der Waals surface area contributed by atoms with Gasteiger partial charge in [-0.05, 0) is 36.8 Å². The fourth-order valence-electron chi connectivity index (χ4n) is 3.37. The van der Waals surface area contributed by atoms with Crippen molar-refractivity contribution in [3.05, 3.63) is 51.9 Å². The Morgan fingerprint density at radius 1 is 1.22 bits per heavy atom. The van der Waals surface area contributed by atoms with Gasteiger partial charge in [-0.25, -0.2) is 0 Å². The highest BCUT2D eigenvalue weighted by Gasteiger charge is 2.39. The van der Waals surface area contributed by atoms with Gasteiger partial charge in [0.15, 0.2) is 11.7 Å². The summed E-state index contributed by atoms with van der Waals surface area (Å²) in [7, 11) is 0. The van der Waals surface area contributed by atoms with Gasteiger partial charge in [-0.3, -0.25) is 14.4 Å². The Kier molecular flexibility index (Phi) is 8.09. The maximum absolute atomic E-state index is 13.2. The number of hydrogen-bond donors (Lipinski definition) is 0. The van der Waals surface area contributed by atoms with Crippen LogP contribution in [0.3, 0.4) is 0 Å². The molecule has 2 amide bonds. The molecule has 0 radical (unpaired) electrons. The SMILES string of the molecule is CCOC(=O)CC1C(=O)N(Cc2ccc(C#N)cc2)CCN1C(=O)COc1ccc(Cl)s1. The molecule has 1 aliphatic heterocycles. The number of amides is 2. The molecule has 1 saturated heterocycles. The van der Waals surface area contributed by atoms with E-state index in [1.54, 1.807) is 48.2 Å². The molecule has 2 heterocycles. The summed E-state index contributed by atoms with van der Waals surface area (Å²) in [5.74, 6) is -1.27. The predicted octanol–water partition coefficient (Wildman–Crippen LogP) is 2.84. The standard InChI is InChI=1S/C22H22ClN3O5S/c1-2-30-20(28)11-17-22(29)25(13-16-5-3-15(12-24)4-6-16)9-10-26(17)19(27)14-31-21-8-7-18(23)32-21/h3-8,17H,2,9-11,13-14H2,1H3. The summed E-state index contributed by atoms with van der Waals surface area (Å²) >= 11 is 7.08. The lowest BCUT2D eigenvalue weighted by atomic mass is 10.1. The predicted molar refractivity (Wildman–Crippen MR) is 118 cm³/mol. The summed E-state index contributed by atoms with van der Waals surface area (Å²) in [6.45, 7) is 2.50. The molecule has 32 heavy (non-hydrogen) atoms. The lowest BCUT2D eigenvalue weighted by Gasteiger charge is -2.40. The van der Waals surface area contributed by atoms with Crippen LogP contribution in [0, 0.1) is 11.3 Å². The third-order valence-electron chi connectivity index (χ3n) is 4.91. The number of hydrogen-bond acceptors (Lipinski definition) is 7. The topological polar surface area (TPSA) is 99.9 Å². The van der Waals surface area contributed by atoms with Crippen molar-refractivity contribution in [2.45, 2.75) is 25.9 Å². The second-order valence-corrected chi connectivity index (χ2v) is 8.71. The smallest absolute Gasteiger partial charge is 0.308 e. The third kappa shape index (κ3) is 5.99. The van der Waals surface area contributed by atoms with Crippen LogP contribution in [0.1, 0.15) is 24.5 Å². The summed E-state index contributed by atoms with van der Waals surface area (Å²) < 4.78 is 11.0. The average molecular weight is 476 g/mol. The van der Waals surface area contributed by atoms with Crippen LogP contribution in [0.25, 0.3) is 0 Å². The Labute approximate surface area is 194 Å². The van der Waals surface area contributed by atoms with Crippen LogP contribution in [0.5, 0.6) is 5.06 Å². The van der Waals surface area contributed by atoms with Crippen LogP contribution < -0.4 is 4.74 Å². The van der Waals surface area contributed by atoms with Gasteiger partial charge in [0.05, 0.1) is 29.0 Å². The first-order chi connectivity index (χ1) is 15.4. The van der Waals surface area contributed by atoms with Crippen LogP contribution in [0.15, 0.2) is 36.4 Å². The Hall–Kier alpha value is -3.09. The number of halogens is 1. The number of carbonyl (C=O) groups excluding carboxylic acids is 3. The number of esters is 1. The van der Waals surface area contributed by atoms with Crippen molar-refractivity contribution in [1.29, 1.82) is 5.26 Å². The normalized spacial score (nSPS) is 15.9. The first-order valence-corrected chi connectivity index (χ1v) is 11.2. The first kappa shape index (κ1) is 23.6. The summed E-state index contributed by atoms with van der Waals surface area (Å²) in [6, 6.07) is 11.4. The van der Waals surface area contributed by atoms with Crippen molar-refractivity contribution in [1.82, 2.24) is 9.80 Å². The minimum Gasteiger partial charge on any atom is -0.474 e. The lowest BCUT2D eigenvalue weighted by Crippen LogP contribution is -2.59. The van der Waals surface area contributed by atoms with Gasteiger partial charge in [0.25, 0.3) is 5.91 Å². The van der Waals surface area contributed by atoms with Crippen LogP contribution in [-0.4, -0.2) is 59.9 Å². The Morgan fingerprint density at radius 3 is 2.59 bits per heavy atom. The molecule has 1 aliphatic rings. The maximum atomic E-state index is 13.2. The summed E-state index contributed by atoms with van der Waals surface area (Å²) in [5, 5.41) is 9.44. The van der Waals surface area contributed by atoms with Crippen LogP contribution in [0.2, 0.25) is 4.34 Å². The minimum absolute atomic E-state index is 0.185. The van der Waals surface area contributed by atoms with Crippen molar-refractivity contribution in [2.75, 3.05) is 26.3 Å². The van der Waals surface area contributed by atoms with Gasteiger partial charge >= 0.3 is 5.97 Å². The molecule has 1 aromatic heterocycles. The molecule has 3 rings (SSSR count). The van der Waals surface area contributed by atoms with E-state index in [4.69, 9.17) is 26.3 Å². The highest BCUT2D eigenvalue weighted by molar-refractivity contribution is 7.17. The van der Waals surface area contributed by atoms with Gasteiger partial charge in [0.2, 0.25) is 5.91 Å². The summed E-state index contributed by atoms with van der Waals surface area (Å²) in [6.07, 6.45) is -0.229. The molecule has 0 aliphatic carbocycles. The fourth-order valence-corrected chi connectivity index (χ4v) is 4.24. The molecule has 0 bridgehead atoms. The molecule has 1 aromatic carbocycles. The van der Waals surface area contributed by atoms with E-state index in [0.29, 0.717) is 28.1 Å². The van der Waals surface area contributed by atoms with E-state index in [-0.39, 0.29) is 32.1 Å². The number of ether oxygens (including phenoxy) is 2.